The molecule has 0 radical (unpaired) electrons. The maximum Gasteiger partial charge on any atom is 0.129 e. The van der Waals surface area contributed by atoms with Crippen molar-refractivity contribution in [3.63, 3.8) is 0 Å². The Labute approximate surface area is 67.0 Å². The van der Waals surface area contributed by atoms with E-state index in [0.29, 0.717) is 19.3 Å². The zero-order valence-electron chi connectivity index (χ0n) is 6.92. The summed E-state index contributed by atoms with van der Waals surface area (Å²) < 4.78 is 0. The number of ketones is 1. The molecule has 0 aliphatic rings. The second-order valence-corrected chi connectivity index (χ2v) is 2.76. The summed E-state index contributed by atoms with van der Waals surface area (Å²) in [6.45, 7) is 1.56. The van der Waals surface area contributed by atoms with Crippen LogP contribution in [-0.2, 0) is 4.79 Å². The van der Waals surface area contributed by atoms with E-state index in [4.69, 9.17) is 10.2 Å². The lowest BCUT2D eigenvalue weighted by Crippen LogP contribution is -2.08. The van der Waals surface area contributed by atoms with Gasteiger partial charge in [-0.15, -0.1) is 0 Å². The normalized spacial score (nSPS) is 13.0. The number of hydrogen-bond acceptors (Lipinski definition) is 3. The summed E-state index contributed by atoms with van der Waals surface area (Å²) in [6, 6.07) is 0. The molecule has 0 amide bonds. The summed E-state index contributed by atoms with van der Waals surface area (Å²) in [4.78, 5) is 10.5. The highest BCUT2D eigenvalue weighted by atomic mass is 16.3. The first kappa shape index (κ1) is 10.6. The minimum atomic E-state index is -0.445. The third kappa shape index (κ3) is 7.49. The largest absolute Gasteiger partial charge is 0.396 e. The van der Waals surface area contributed by atoms with E-state index < -0.39 is 6.10 Å². The average molecular weight is 160 g/mol. The quantitative estimate of drug-likeness (QED) is 0.594. The minimum Gasteiger partial charge on any atom is -0.396 e. The third-order valence-electron chi connectivity index (χ3n) is 1.53. The monoisotopic (exact) mass is 160 g/mol. The van der Waals surface area contributed by atoms with Crippen LogP contribution in [0.2, 0.25) is 0 Å². The van der Waals surface area contributed by atoms with Crippen LogP contribution in [0.25, 0.3) is 0 Å². The van der Waals surface area contributed by atoms with E-state index in [9.17, 15) is 4.79 Å². The molecule has 3 heteroatoms. The summed E-state index contributed by atoms with van der Waals surface area (Å²) in [5, 5.41) is 17.5. The molecule has 0 heterocycles. The fourth-order valence-electron chi connectivity index (χ4n) is 0.880. The predicted molar refractivity (Wildman–Crippen MR) is 42.2 cm³/mol. The average Bonchev–Trinajstić information content (AvgIpc) is 1.87. The Morgan fingerprint density at radius 2 is 2.09 bits per heavy atom. The van der Waals surface area contributed by atoms with Gasteiger partial charge in [0, 0.05) is 13.0 Å². The van der Waals surface area contributed by atoms with Crippen molar-refractivity contribution < 1.29 is 15.0 Å². The van der Waals surface area contributed by atoms with Crippen molar-refractivity contribution in [2.24, 2.45) is 0 Å². The van der Waals surface area contributed by atoms with Gasteiger partial charge in [-0.3, -0.25) is 0 Å². The van der Waals surface area contributed by atoms with Crippen molar-refractivity contribution in [2.45, 2.75) is 38.7 Å². The van der Waals surface area contributed by atoms with Crippen LogP contribution in [0.1, 0.15) is 32.6 Å². The predicted octanol–water partition coefficient (Wildman–Crippen LogP) is 0.489. The zero-order valence-corrected chi connectivity index (χ0v) is 6.92. The van der Waals surface area contributed by atoms with E-state index in [1.165, 1.54) is 0 Å². The Morgan fingerprint density at radius 1 is 1.45 bits per heavy atom. The van der Waals surface area contributed by atoms with Gasteiger partial charge in [0.05, 0.1) is 6.10 Å². The highest BCUT2D eigenvalue weighted by molar-refractivity contribution is 5.75. The first-order chi connectivity index (χ1) is 5.16. The highest BCUT2D eigenvalue weighted by Gasteiger charge is 2.02. The SMILES string of the molecule is CC(=O)CCCC(O)CCO. The summed E-state index contributed by atoms with van der Waals surface area (Å²) in [7, 11) is 0. The third-order valence-corrected chi connectivity index (χ3v) is 1.53. The van der Waals surface area contributed by atoms with E-state index in [1.54, 1.807) is 6.92 Å². The number of carbonyl (C=O) groups excluding carboxylic acids is 1. The topological polar surface area (TPSA) is 57.5 Å². The van der Waals surface area contributed by atoms with Gasteiger partial charge in [-0.2, -0.15) is 0 Å². The minimum absolute atomic E-state index is 0.0151. The molecule has 3 nitrogen and oxygen atoms in total. The van der Waals surface area contributed by atoms with Crippen molar-refractivity contribution >= 4 is 5.78 Å². The molecule has 1 unspecified atom stereocenters. The van der Waals surface area contributed by atoms with Crippen LogP contribution in [0.3, 0.4) is 0 Å². The summed E-state index contributed by atoms with van der Waals surface area (Å²) >= 11 is 0. The number of aliphatic hydroxyl groups excluding tert-OH is 2. The first-order valence-electron chi connectivity index (χ1n) is 3.95. The van der Waals surface area contributed by atoms with Crippen LogP contribution in [0.15, 0.2) is 0 Å². The number of carbonyl (C=O) groups is 1. The molecule has 0 saturated carbocycles. The number of hydrogen-bond donors (Lipinski definition) is 2. The molecule has 0 aromatic carbocycles. The maximum absolute atomic E-state index is 10.5. The summed E-state index contributed by atoms with van der Waals surface area (Å²) in [5.74, 6) is 0.154. The van der Waals surface area contributed by atoms with E-state index >= 15 is 0 Å². The Kier molecular flexibility index (Phi) is 6.07. The first-order valence-corrected chi connectivity index (χ1v) is 3.95. The lowest BCUT2D eigenvalue weighted by molar-refractivity contribution is -0.117. The molecule has 0 bridgehead atoms. The van der Waals surface area contributed by atoms with Gasteiger partial charge in [-0.05, 0) is 26.2 Å². The molecule has 0 aromatic heterocycles. The molecule has 0 aromatic rings. The van der Waals surface area contributed by atoms with Crippen LogP contribution in [0.4, 0.5) is 0 Å². The Morgan fingerprint density at radius 3 is 2.55 bits per heavy atom. The van der Waals surface area contributed by atoms with Crippen molar-refractivity contribution in [1.82, 2.24) is 0 Å². The standard InChI is InChI=1S/C8H16O3/c1-7(10)3-2-4-8(11)5-6-9/h8-9,11H,2-6H2,1H3. The van der Waals surface area contributed by atoms with Gasteiger partial charge in [-0.25, -0.2) is 0 Å². The second-order valence-electron chi connectivity index (χ2n) is 2.76. The summed E-state index contributed by atoms with van der Waals surface area (Å²) in [6.07, 6.45) is 1.83. The molecule has 0 rings (SSSR count). The molecule has 0 aliphatic heterocycles. The molecule has 66 valence electrons. The molecule has 11 heavy (non-hydrogen) atoms. The lowest BCUT2D eigenvalue weighted by Gasteiger charge is -2.06. The van der Waals surface area contributed by atoms with Gasteiger partial charge >= 0.3 is 0 Å². The number of Topliss-reactive ketones (excluding diaryl/α,β-unsaturated/α-hetero) is 1. The fourth-order valence-corrected chi connectivity index (χ4v) is 0.880. The highest BCUT2D eigenvalue weighted by Crippen LogP contribution is 2.03. The van der Waals surface area contributed by atoms with Gasteiger partial charge in [0.25, 0.3) is 0 Å². The fraction of sp³-hybridized carbons (Fsp3) is 0.875. The maximum atomic E-state index is 10.5. The van der Waals surface area contributed by atoms with E-state index in [-0.39, 0.29) is 12.4 Å². The van der Waals surface area contributed by atoms with Crippen LogP contribution in [-0.4, -0.2) is 28.7 Å². The molecule has 0 fully saturated rings. The zero-order chi connectivity index (χ0) is 8.69. The number of rotatable bonds is 6. The lowest BCUT2D eigenvalue weighted by atomic mass is 10.1. The van der Waals surface area contributed by atoms with Crippen LogP contribution >= 0.6 is 0 Å². The van der Waals surface area contributed by atoms with Crippen LogP contribution in [0.5, 0.6) is 0 Å². The van der Waals surface area contributed by atoms with E-state index in [1.807, 2.05) is 0 Å². The van der Waals surface area contributed by atoms with Crippen LogP contribution < -0.4 is 0 Å². The van der Waals surface area contributed by atoms with Crippen LogP contribution in [0, 0.1) is 0 Å². The van der Waals surface area contributed by atoms with Crippen molar-refractivity contribution in [1.29, 1.82) is 0 Å². The van der Waals surface area contributed by atoms with Gasteiger partial charge in [0.2, 0.25) is 0 Å². The molecule has 0 aliphatic carbocycles. The number of aliphatic hydroxyl groups is 2. The van der Waals surface area contributed by atoms with Gasteiger partial charge < -0.3 is 15.0 Å². The molecule has 2 N–H and O–H groups in total. The van der Waals surface area contributed by atoms with Gasteiger partial charge in [0.15, 0.2) is 0 Å². The van der Waals surface area contributed by atoms with Gasteiger partial charge in [-0.1, -0.05) is 0 Å². The molecule has 1 atom stereocenters. The molecular weight excluding hydrogens is 144 g/mol. The van der Waals surface area contributed by atoms with E-state index in [0.717, 1.165) is 6.42 Å². The van der Waals surface area contributed by atoms with E-state index in [2.05, 4.69) is 0 Å². The second kappa shape index (κ2) is 6.31. The molecular formula is C8H16O3. The summed E-state index contributed by atoms with van der Waals surface area (Å²) in [5.41, 5.74) is 0. The molecule has 0 spiro atoms. The Hall–Kier alpha value is -0.410. The Balaban J connectivity index is 3.16. The molecule has 0 saturated heterocycles. The smallest absolute Gasteiger partial charge is 0.129 e. The van der Waals surface area contributed by atoms with Crippen molar-refractivity contribution in [3.8, 4) is 0 Å². The van der Waals surface area contributed by atoms with Crippen molar-refractivity contribution in [2.75, 3.05) is 6.61 Å². The Bertz CT molecular complexity index is 112. The van der Waals surface area contributed by atoms with Crippen molar-refractivity contribution in [3.05, 3.63) is 0 Å². The van der Waals surface area contributed by atoms with Gasteiger partial charge in [0.1, 0.15) is 5.78 Å².